The molecule has 0 heterocycles. The van der Waals surface area contributed by atoms with Crippen LogP contribution in [-0.4, -0.2) is 25.3 Å². The molecule has 0 bridgehead atoms. The summed E-state index contributed by atoms with van der Waals surface area (Å²) in [4.78, 5) is 11.0. The molecule has 4 nitrogen and oxygen atoms in total. The summed E-state index contributed by atoms with van der Waals surface area (Å²) >= 11 is 0. The Labute approximate surface area is 109 Å². The summed E-state index contributed by atoms with van der Waals surface area (Å²) in [5, 5.41) is 9.03. The molecule has 19 heavy (non-hydrogen) atoms. The van der Waals surface area contributed by atoms with Gasteiger partial charge in [0, 0.05) is 11.6 Å². The first kappa shape index (κ1) is 15.2. The normalized spacial score (nSPS) is 11.3. The molecule has 1 aromatic carbocycles. The van der Waals surface area contributed by atoms with E-state index in [1.165, 1.54) is 28.1 Å². The lowest BCUT2D eigenvalue weighted by atomic mass is 9.85. The summed E-state index contributed by atoms with van der Waals surface area (Å²) in [6, 6.07) is 1.09. The molecule has 1 rings (SSSR count). The summed E-state index contributed by atoms with van der Waals surface area (Å²) in [5.74, 6) is -3.33. The van der Waals surface area contributed by atoms with Crippen molar-refractivity contribution < 1.29 is 28.2 Å². The van der Waals surface area contributed by atoms with Crippen LogP contribution >= 0.6 is 0 Å². The van der Waals surface area contributed by atoms with Crippen molar-refractivity contribution in [2.45, 2.75) is 20.3 Å². The topological polar surface area (TPSA) is 55.8 Å². The Kier molecular flexibility index (Phi) is 4.34. The zero-order chi connectivity index (χ0) is 14.8. The summed E-state index contributed by atoms with van der Waals surface area (Å²) in [6.45, 7) is 2.78. The van der Waals surface area contributed by atoms with E-state index in [9.17, 15) is 13.6 Å². The van der Waals surface area contributed by atoms with Crippen LogP contribution in [-0.2, 0) is 11.2 Å². The van der Waals surface area contributed by atoms with E-state index in [1.54, 1.807) is 0 Å². The third-order valence-electron chi connectivity index (χ3n) is 2.86. The zero-order valence-corrected chi connectivity index (χ0v) is 11.2. The Hall–Kier alpha value is -1.85. The molecule has 0 aliphatic carbocycles. The Morgan fingerprint density at radius 2 is 1.63 bits per heavy atom. The van der Waals surface area contributed by atoms with E-state index in [1.807, 2.05) is 0 Å². The van der Waals surface area contributed by atoms with Crippen molar-refractivity contribution in [3.8, 4) is 11.5 Å². The Morgan fingerprint density at radius 1 is 1.21 bits per heavy atom. The molecule has 0 amide bonds. The first-order valence-corrected chi connectivity index (χ1v) is 5.56. The van der Waals surface area contributed by atoms with Gasteiger partial charge in [-0.05, 0) is 20.3 Å². The van der Waals surface area contributed by atoms with Crippen LogP contribution in [0.4, 0.5) is 8.78 Å². The monoisotopic (exact) mass is 274 g/mol. The standard InChI is InChI=1S/C13H16F2O4/c1-13(2,12(16)17)6-7-10(14)8(18-3)5-9(19-4)11(7)15/h5H,6H2,1-4H3,(H,16,17). The second kappa shape index (κ2) is 5.42. The minimum Gasteiger partial charge on any atom is -0.494 e. The lowest BCUT2D eigenvalue weighted by Crippen LogP contribution is -2.27. The molecule has 0 spiro atoms. The molecular formula is C13H16F2O4. The average Bonchev–Trinajstić information content (AvgIpc) is 2.34. The highest BCUT2D eigenvalue weighted by atomic mass is 19.1. The van der Waals surface area contributed by atoms with Crippen LogP contribution in [0.25, 0.3) is 0 Å². The molecule has 0 unspecified atom stereocenters. The molecule has 0 aromatic heterocycles. The molecule has 1 N–H and O–H groups in total. The molecule has 0 saturated carbocycles. The Morgan fingerprint density at radius 3 is 1.95 bits per heavy atom. The van der Waals surface area contributed by atoms with Crippen LogP contribution in [0.1, 0.15) is 19.4 Å². The fourth-order valence-electron chi connectivity index (χ4n) is 1.61. The van der Waals surface area contributed by atoms with E-state index >= 15 is 0 Å². The van der Waals surface area contributed by atoms with E-state index in [-0.39, 0.29) is 23.5 Å². The number of carboxylic acid groups (broad SMARTS) is 1. The van der Waals surface area contributed by atoms with Gasteiger partial charge >= 0.3 is 5.97 Å². The number of ether oxygens (including phenoxy) is 2. The van der Waals surface area contributed by atoms with Crippen LogP contribution in [0.5, 0.6) is 11.5 Å². The van der Waals surface area contributed by atoms with Crippen LogP contribution in [0, 0.1) is 17.0 Å². The van der Waals surface area contributed by atoms with Gasteiger partial charge in [-0.1, -0.05) is 0 Å². The van der Waals surface area contributed by atoms with Crippen LogP contribution in [0.2, 0.25) is 0 Å². The van der Waals surface area contributed by atoms with Crippen LogP contribution in [0.3, 0.4) is 0 Å². The van der Waals surface area contributed by atoms with Gasteiger partial charge in [0.1, 0.15) is 0 Å². The van der Waals surface area contributed by atoms with Crippen LogP contribution in [0.15, 0.2) is 6.07 Å². The Bertz CT molecular complexity index is 470. The van der Waals surface area contributed by atoms with Crippen molar-refractivity contribution in [2.75, 3.05) is 14.2 Å². The first-order valence-electron chi connectivity index (χ1n) is 5.56. The van der Waals surface area contributed by atoms with Crippen molar-refractivity contribution in [3.63, 3.8) is 0 Å². The average molecular weight is 274 g/mol. The number of hydrogen-bond acceptors (Lipinski definition) is 3. The number of rotatable bonds is 5. The molecule has 1 aromatic rings. The number of aliphatic carboxylic acids is 1. The minimum atomic E-state index is -1.31. The molecule has 0 atom stereocenters. The molecule has 0 aliphatic heterocycles. The van der Waals surface area contributed by atoms with Crippen molar-refractivity contribution in [2.24, 2.45) is 5.41 Å². The Balaban J connectivity index is 3.37. The highest BCUT2D eigenvalue weighted by Gasteiger charge is 2.32. The molecule has 6 heteroatoms. The number of halogens is 2. The molecular weight excluding hydrogens is 258 g/mol. The quantitative estimate of drug-likeness (QED) is 0.896. The maximum atomic E-state index is 14.0. The van der Waals surface area contributed by atoms with Gasteiger partial charge in [-0.15, -0.1) is 0 Å². The van der Waals surface area contributed by atoms with E-state index in [0.29, 0.717) is 0 Å². The number of benzene rings is 1. The number of carboxylic acids is 1. The first-order chi connectivity index (χ1) is 8.74. The van der Waals surface area contributed by atoms with E-state index in [2.05, 4.69) is 0 Å². The predicted molar refractivity (Wildman–Crippen MR) is 64.6 cm³/mol. The van der Waals surface area contributed by atoms with Gasteiger partial charge in [0.15, 0.2) is 23.1 Å². The second-order valence-corrected chi connectivity index (χ2v) is 4.75. The third kappa shape index (κ3) is 2.94. The summed E-state index contributed by atoms with van der Waals surface area (Å²) in [7, 11) is 2.48. The van der Waals surface area contributed by atoms with Gasteiger partial charge < -0.3 is 14.6 Å². The summed E-state index contributed by atoms with van der Waals surface area (Å²) < 4.78 is 37.6. The van der Waals surface area contributed by atoms with Crippen molar-refractivity contribution in [3.05, 3.63) is 23.3 Å². The number of carbonyl (C=O) groups is 1. The molecule has 0 saturated heterocycles. The van der Waals surface area contributed by atoms with Gasteiger partial charge in [-0.25, -0.2) is 8.78 Å². The lowest BCUT2D eigenvalue weighted by Gasteiger charge is -2.21. The van der Waals surface area contributed by atoms with Crippen LogP contribution < -0.4 is 9.47 Å². The van der Waals surface area contributed by atoms with Crippen molar-refractivity contribution in [1.29, 1.82) is 0 Å². The van der Waals surface area contributed by atoms with Crippen molar-refractivity contribution in [1.82, 2.24) is 0 Å². The predicted octanol–water partition coefficient (Wildman–Crippen LogP) is 2.64. The second-order valence-electron chi connectivity index (χ2n) is 4.75. The van der Waals surface area contributed by atoms with Gasteiger partial charge in [-0.2, -0.15) is 0 Å². The molecule has 0 fully saturated rings. The SMILES string of the molecule is COc1cc(OC)c(F)c(CC(C)(C)C(=O)O)c1F. The zero-order valence-electron chi connectivity index (χ0n) is 11.2. The summed E-state index contributed by atoms with van der Waals surface area (Å²) in [5.41, 5.74) is -1.66. The fourth-order valence-corrected chi connectivity index (χ4v) is 1.61. The van der Waals surface area contributed by atoms with E-state index in [4.69, 9.17) is 14.6 Å². The number of methoxy groups -OCH3 is 2. The van der Waals surface area contributed by atoms with Gasteiger partial charge in [0.2, 0.25) is 0 Å². The minimum absolute atomic E-state index is 0.186. The maximum absolute atomic E-state index is 14.0. The van der Waals surface area contributed by atoms with Gasteiger partial charge in [0.05, 0.1) is 19.6 Å². The number of hydrogen-bond donors (Lipinski definition) is 1. The maximum Gasteiger partial charge on any atom is 0.309 e. The van der Waals surface area contributed by atoms with E-state index < -0.39 is 23.0 Å². The smallest absolute Gasteiger partial charge is 0.309 e. The molecule has 106 valence electrons. The largest absolute Gasteiger partial charge is 0.494 e. The highest BCUT2D eigenvalue weighted by Crippen LogP contribution is 2.35. The van der Waals surface area contributed by atoms with Crippen molar-refractivity contribution >= 4 is 5.97 Å². The van der Waals surface area contributed by atoms with E-state index in [0.717, 1.165) is 6.07 Å². The lowest BCUT2D eigenvalue weighted by molar-refractivity contribution is -0.146. The summed E-state index contributed by atoms with van der Waals surface area (Å²) in [6.07, 6.45) is -0.312. The van der Waals surface area contributed by atoms with Gasteiger partial charge in [0.25, 0.3) is 0 Å². The van der Waals surface area contributed by atoms with Gasteiger partial charge in [-0.3, -0.25) is 4.79 Å². The molecule has 0 radical (unpaired) electrons. The highest BCUT2D eigenvalue weighted by molar-refractivity contribution is 5.74. The fraction of sp³-hybridized carbons (Fsp3) is 0.462. The third-order valence-corrected chi connectivity index (χ3v) is 2.86. The molecule has 0 aliphatic rings.